The zero-order valence-corrected chi connectivity index (χ0v) is 11.8. The molecule has 106 valence electrons. The molecule has 2 amide bonds. The van der Waals surface area contributed by atoms with Crippen molar-refractivity contribution >= 4 is 6.03 Å². The molecule has 1 fully saturated rings. The average Bonchev–Trinajstić information content (AvgIpc) is 2.39. The van der Waals surface area contributed by atoms with Crippen LogP contribution in [0.3, 0.4) is 0 Å². The van der Waals surface area contributed by atoms with Gasteiger partial charge in [-0.3, -0.25) is 4.90 Å². The first-order valence-corrected chi connectivity index (χ1v) is 7.12. The van der Waals surface area contributed by atoms with Gasteiger partial charge in [0, 0.05) is 39.3 Å². The van der Waals surface area contributed by atoms with E-state index < -0.39 is 0 Å². The van der Waals surface area contributed by atoms with Gasteiger partial charge in [0.1, 0.15) is 0 Å². The maximum atomic E-state index is 11.8. The Labute approximate surface area is 111 Å². The molecule has 1 aliphatic rings. The maximum Gasteiger partial charge on any atom is 0.317 e. The van der Waals surface area contributed by atoms with Crippen LogP contribution in [0.2, 0.25) is 0 Å². The molecule has 0 radical (unpaired) electrons. The molecule has 0 bridgehead atoms. The smallest absolute Gasteiger partial charge is 0.317 e. The molecule has 0 spiro atoms. The fourth-order valence-corrected chi connectivity index (χ4v) is 2.13. The van der Waals surface area contributed by atoms with Crippen molar-refractivity contribution in [2.75, 3.05) is 45.8 Å². The Morgan fingerprint density at radius 3 is 2.56 bits per heavy atom. The van der Waals surface area contributed by atoms with E-state index in [1.54, 1.807) is 0 Å². The maximum absolute atomic E-state index is 11.8. The third kappa shape index (κ3) is 5.23. The number of unbranched alkanes of at least 4 members (excludes halogenated alkanes) is 1. The molecule has 1 saturated heterocycles. The summed E-state index contributed by atoms with van der Waals surface area (Å²) in [6.45, 7) is 10.5. The van der Waals surface area contributed by atoms with Gasteiger partial charge in [-0.25, -0.2) is 4.79 Å². The van der Waals surface area contributed by atoms with Crippen LogP contribution in [0.1, 0.15) is 26.7 Å². The van der Waals surface area contributed by atoms with E-state index in [9.17, 15) is 4.79 Å². The van der Waals surface area contributed by atoms with Gasteiger partial charge in [-0.2, -0.15) is 0 Å². The third-order valence-corrected chi connectivity index (χ3v) is 3.44. The second kappa shape index (κ2) is 8.32. The molecule has 3 N–H and O–H groups in total. The van der Waals surface area contributed by atoms with Crippen molar-refractivity contribution in [1.82, 2.24) is 15.1 Å². The minimum absolute atomic E-state index is 0.0926. The summed E-state index contributed by atoms with van der Waals surface area (Å²) in [7, 11) is 0. The van der Waals surface area contributed by atoms with Gasteiger partial charge in [0.15, 0.2) is 0 Å². The summed E-state index contributed by atoms with van der Waals surface area (Å²) in [6, 6.07) is 0.0926. The van der Waals surface area contributed by atoms with Gasteiger partial charge >= 0.3 is 6.03 Å². The van der Waals surface area contributed by atoms with Gasteiger partial charge in [-0.05, 0) is 18.9 Å². The molecule has 18 heavy (non-hydrogen) atoms. The number of piperazine rings is 1. The van der Waals surface area contributed by atoms with Crippen LogP contribution in [0.15, 0.2) is 0 Å². The zero-order valence-electron chi connectivity index (χ0n) is 11.8. The first kappa shape index (κ1) is 15.2. The minimum Gasteiger partial charge on any atom is -0.338 e. The van der Waals surface area contributed by atoms with Crippen molar-refractivity contribution in [3.8, 4) is 0 Å². The minimum atomic E-state index is 0.0926. The van der Waals surface area contributed by atoms with Crippen LogP contribution in [0, 0.1) is 5.92 Å². The van der Waals surface area contributed by atoms with Gasteiger partial charge < -0.3 is 16.0 Å². The van der Waals surface area contributed by atoms with Gasteiger partial charge in [0.05, 0.1) is 0 Å². The Hall–Kier alpha value is -0.810. The standard InChI is InChI=1S/C13H28N4O/c1-3-4-5-15-13(18)17-8-6-16(7-9-17)11-12(2)10-14/h12H,3-11,14H2,1-2H3,(H,15,18). The first-order valence-electron chi connectivity index (χ1n) is 7.12. The molecule has 1 unspecified atom stereocenters. The van der Waals surface area contributed by atoms with E-state index in [0.29, 0.717) is 5.92 Å². The zero-order chi connectivity index (χ0) is 13.4. The lowest BCUT2D eigenvalue weighted by atomic mass is 10.1. The number of amides is 2. The van der Waals surface area contributed by atoms with E-state index in [2.05, 4.69) is 24.1 Å². The molecule has 0 saturated carbocycles. The number of rotatable bonds is 6. The predicted molar refractivity (Wildman–Crippen MR) is 74.5 cm³/mol. The molecule has 0 aliphatic carbocycles. The van der Waals surface area contributed by atoms with Crippen molar-refractivity contribution in [3.05, 3.63) is 0 Å². The van der Waals surface area contributed by atoms with Crippen molar-refractivity contribution < 1.29 is 4.79 Å². The predicted octanol–water partition coefficient (Wildman–Crippen LogP) is 0.709. The van der Waals surface area contributed by atoms with E-state index in [0.717, 1.165) is 58.7 Å². The summed E-state index contributed by atoms with van der Waals surface area (Å²) in [6.07, 6.45) is 2.17. The van der Waals surface area contributed by atoms with Gasteiger partial charge in [-0.1, -0.05) is 20.3 Å². The highest BCUT2D eigenvalue weighted by atomic mass is 16.2. The van der Waals surface area contributed by atoms with Crippen LogP contribution in [-0.4, -0.2) is 61.6 Å². The molecule has 1 aliphatic heterocycles. The highest BCUT2D eigenvalue weighted by Crippen LogP contribution is 2.05. The van der Waals surface area contributed by atoms with Crippen molar-refractivity contribution in [3.63, 3.8) is 0 Å². The molecule has 1 atom stereocenters. The second-order valence-corrected chi connectivity index (χ2v) is 5.21. The van der Waals surface area contributed by atoms with Crippen LogP contribution >= 0.6 is 0 Å². The Morgan fingerprint density at radius 1 is 1.33 bits per heavy atom. The van der Waals surface area contributed by atoms with E-state index in [4.69, 9.17) is 5.73 Å². The number of nitrogens with one attached hydrogen (secondary N) is 1. The lowest BCUT2D eigenvalue weighted by Crippen LogP contribution is -2.52. The fourth-order valence-electron chi connectivity index (χ4n) is 2.13. The Bertz CT molecular complexity index is 239. The average molecular weight is 256 g/mol. The lowest BCUT2D eigenvalue weighted by molar-refractivity contribution is 0.130. The first-order chi connectivity index (χ1) is 8.67. The quantitative estimate of drug-likeness (QED) is 0.688. The summed E-state index contributed by atoms with van der Waals surface area (Å²) in [5, 5.41) is 2.97. The van der Waals surface area contributed by atoms with Crippen molar-refractivity contribution in [2.45, 2.75) is 26.7 Å². The third-order valence-electron chi connectivity index (χ3n) is 3.44. The molecule has 0 aromatic rings. The van der Waals surface area contributed by atoms with Crippen LogP contribution in [0.4, 0.5) is 4.79 Å². The molecular formula is C13H28N4O. The SMILES string of the molecule is CCCCNC(=O)N1CCN(CC(C)CN)CC1. The van der Waals surface area contributed by atoms with E-state index in [1.807, 2.05) is 4.90 Å². The molecule has 1 heterocycles. The van der Waals surface area contributed by atoms with Gasteiger partial charge in [0.25, 0.3) is 0 Å². The summed E-state index contributed by atoms with van der Waals surface area (Å²) in [5.41, 5.74) is 5.63. The number of hydrogen-bond acceptors (Lipinski definition) is 3. The van der Waals surface area contributed by atoms with E-state index in [-0.39, 0.29) is 6.03 Å². The largest absolute Gasteiger partial charge is 0.338 e. The number of nitrogens with two attached hydrogens (primary N) is 1. The molecule has 0 aromatic carbocycles. The van der Waals surface area contributed by atoms with Gasteiger partial charge in [0.2, 0.25) is 0 Å². The highest BCUT2D eigenvalue weighted by Gasteiger charge is 2.21. The molecule has 1 rings (SSSR count). The molecule has 0 aromatic heterocycles. The highest BCUT2D eigenvalue weighted by molar-refractivity contribution is 5.74. The Kier molecular flexibility index (Phi) is 7.05. The van der Waals surface area contributed by atoms with Crippen molar-refractivity contribution in [1.29, 1.82) is 0 Å². The van der Waals surface area contributed by atoms with E-state index in [1.165, 1.54) is 0 Å². The number of nitrogens with zero attached hydrogens (tertiary/aromatic N) is 2. The molecule has 5 heteroatoms. The summed E-state index contributed by atoms with van der Waals surface area (Å²) < 4.78 is 0. The topological polar surface area (TPSA) is 61.6 Å². The van der Waals surface area contributed by atoms with E-state index >= 15 is 0 Å². The summed E-state index contributed by atoms with van der Waals surface area (Å²) in [4.78, 5) is 16.1. The summed E-state index contributed by atoms with van der Waals surface area (Å²) in [5.74, 6) is 0.537. The normalized spacial score (nSPS) is 18.7. The molecular weight excluding hydrogens is 228 g/mol. The fraction of sp³-hybridized carbons (Fsp3) is 0.923. The second-order valence-electron chi connectivity index (χ2n) is 5.21. The Morgan fingerprint density at radius 2 is 2.00 bits per heavy atom. The molecule has 5 nitrogen and oxygen atoms in total. The van der Waals surface area contributed by atoms with Gasteiger partial charge in [-0.15, -0.1) is 0 Å². The number of hydrogen-bond donors (Lipinski definition) is 2. The number of urea groups is 1. The summed E-state index contributed by atoms with van der Waals surface area (Å²) >= 11 is 0. The monoisotopic (exact) mass is 256 g/mol. The van der Waals surface area contributed by atoms with Crippen LogP contribution in [-0.2, 0) is 0 Å². The lowest BCUT2D eigenvalue weighted by Gasteiger charge is -2.35. The Balaban J connectivity index is 2.20. The van der Waals surface area contributed by atoms with Crippen molar-refractivity contribution in [2.24, 2.45) is 11.7 Å². The van der Waals surface area contributed by atoms with Crippen LogP contribution < -0.4 is 11.1 Å². The number of carbonyl (C=O) groups is 1. The van der Waals surface area contributed by atoms with Crippen LogP contribution in [0.25, 0.3) is 0 Å². The number of carbonyl (C=O) groups excluding carboxylic acids is 1. The van der Waals surface area contributed by atoms with Crippen LogP contribution in [0.5, 0.6) is 0 Å².